The number of amides is 1. The number of carbonyl (C=O) groups excluding carboxylic acids is 1. The van der Waals surface area contributed by atoms with E-state index in [-0.39, 0.29) is 30.3 Å². The summed E-state index contributed by atoms with van der Waals surface area (Å²) in [5.74, 6) is -0.319. The minimum Gasteiger partial charge on any atom is -0.450 e. The number of carbonyl (C=O) groups is 1. The fourth-order valence-corrected chi connectivity index (χ4v) is 5.24. The average molecular weight is 409 g/mol. The number of furan rings is 1. The molecule has 1 N–H and O–H groups in total. The fraction of sp³-hybridized carbons (Fsp3) is 0.550. The van der Waals surface area contributed by atoms with Gasteiger partial charge >= 0.3 is 0 Å². The Labute approximate surface area is 166 Å². The van der Waals surface area contributed by atoms with Gasteiger partial charge in [-0.2, -0.15) is 4.31 Å². The van der Waals surface area contributed by atoms with Crippen LogP contribution in [0.2, 0.25) is 0 Å². The molecule has 0 saturated carbocycles. The molecule has 7 nitrogen and oxygen atoms in total. The van der Waals surface area contributed by atoms with Crippen LogP contribution in [0.4, 0.5) is 0 Å². The molecule has 1 amide bonds. The maximum atomic E-state index is 12.6. The molecule has 0 unspecified atom stereocenters. The van der Waals surface area contributed by atoms with Crippen molar-refractivity contribution < 1.29 is 22.4 Å². The van der Waals surface area contributed by atoms with Crippen LogP contribution in [0, 0.1) is 20.8 Å². The monoisotopic (exact) mass is 408 g/mol. The van der Waals surface area contributed by atoms with Gasteiger partial charge in [-0.05, 0) is 45.7 Å². The van der Waals surface area contributed by atoms with Gasteiger partial charge < -0.3 is 14.5 Å². The SMILES string of the molecule is Cc1ccc(C)c2c(C)c(C(=O)NCCS(=O)(=O)N3C[C@@H](C)O[C@H](C)C3)oc12. The van der Waals surface area contributed by atoms with Crippen molar-refractivity contribution in [3.63, 3.8) is 0 Å². The Hall–Kier alpha value is -1.90. The quantitative estimate of drug-likeness (QED) is 0.821. The van der Waals surface area contributed by atoms with Crippen LogP contribution in [0.25, 0.3) is 11.0 Å². The molecule has 0 radical (unpaired) electrons. The third-order valence-electron chi connectivity index (χ3n) is 5.11. The van der Waals surface area contributed by atoms with Crippen LogP contribution in [0.5, 0.6) is 0 Å². The second-order valence-electron chi connectivity index (χ2n) is 7.61. The first-order valence-electron chi connectivity index (χ1n) is 9.51. The standard InChI is InChI=1S/C20H28N2O5S/c1-12-6-7-13(2)18-17(12)16(5)19(27-18)20(23)21-8-9-28(24,25)22-10-14(3)26-15(4)11-22/h6-7,14-15H,8-11H2,1-5H3,(H,21,23)/t14-,15-/m1/s1. The molecule has 1 aromatic carbocycles. The number of nitrogens with zero attached hydrogens (tertiary/aromatic N) is 1. The molecule has 2 aromatic rings. The third kappa shape index (κ3) is 4.09. The number of fused-ring (bicyclic) bond motifs is 1. The van der Waals surface area contributed by atoms with Crippen LogP contribution in [-0.4, -0.2) is 56.2 Å². The molecule has 154 valence electrons. The van der Waals surface area contributed by atoms with E-state index in [2.05, 4.69) is 5.32 Å². The van der Waals surface area contributed by atoms with Gasteiger partial charge in [-0.15, -0.1) is 0 Å². The maximum absolute atomic E-state index is 12.6. The Bertz CT molecular complexity index is 986. The summed E-state index contributed by atoms with van der Waals surface area (Å²) in [7, 11) is -3.47. The molecule has 0 aliphatic carbocycles. The second-order valence-corrected chi connectivity index (χ2v) is 9.69. The molecule has 0 spiro atoms. The van der Waals surface area contributed by atoms with Gasteiger partial charge in [0, 0.05) is 30.6 Å². The molecule has 0 bridgehead atoms. The van der Waals surface area contributed by atoms with E-state index in [1.54, 1.807) is 0 Å². The van der Waals surface area contributed by atoms with E-state index in [0.717, 1.165) is 22.1 Å². The molecule has 1 aliphatic heterocycles. The van der Waals surface area contributed by atoms with Crippen molar-refractivity contribution >= 4 is 26.9 Å². The predicted octanol–water partition coefficient (Wildman–Crippen LogP) is 2.53. The van der Waals surface area contributed by atoms with Crippen molar-refractivity contribution in [3.05, 3.63) is 34.6 Å². The highest BCUT2D eigenvalue weighted by Crippen LogP contribution is 2.30. The van der Waals surface area contributed by atoms with Crippen LogP contribution in [0.15, 0.2) is 16.5 Å². The Kier molecular flexibility index (Phi) is 5.84. The topological polar surface area (TPSA) is 88.9 Å². The van der Waals surface area contributed by atoms with Gasteiger partial charge in [0.05, 0.1) is 18.0 Å². The number of morpholine rings is 1. The number of hydrogen-bond donors (Lipinski definition) is 1. The van der Waals surface area contributed by atoms with Crippen LogP contribution in [-0.2, 0) is 14.8 Å². The highest BCUT2D eigenvalue weighted by atomic mass is 32.2. The third-order valence-corrected chi connectivity index (χ3v) is 6.92. The largest absolute Gasteiger partial charge is 0.450 e. The maximum Gasteiger partial charge on any atom is 0.287 e. The lowest BCUT2D eigenvalue weighted by molar-refractivity contribution is -0.0440. The Morgan fingerprint density at radius 2 is 1.75 bits per heavy atom. The summed E-state index contributed by atoms with van der Waals surface area (Å²) in [5.41, 5.74) is 3.47. The summed E-state index contributed by atoms with van der Waals surface area (Å²) in [6.45, 7) is 10.2. The predicted molar refractivity (Wildman–Crippen MR) is 108 cm³/mol. The summed E-state index contributed by atoms with van der Waals surface area (Å²) in [4.78, 5) is 12.6. The van der Waals surface area contributed by atoms with E-state index < -0.39 is 15.9 Å². The van der Waals surface area contributed by atoms with Gasteiger partial charge in [-0.3, -0.25) is 4.79 Å². The van der Waals surface area contributed by atoms with Crippen molar-refractivity contribution in [1.82, 2.24) is 9.62 Å². The number of benzene rings is 1. The van der Waals surface area contributed by atoms with Crippen molar-refractivity contribution in [2.24, 2.45) is 0 Å². The van der Waals surface area contributed by atoms with Crippen molar-refractivity contribution in [1.29, 1.82) is 0 Å². The minimum atomic E-state index is -3.47. The summed E-state index contributed by atoms with van der Waals surface area (Å²) in [5, 5.41) is 3.63. The average Bonchev–Trinajstić information content (AvgIpc) is 2.96. The molecule has 1 aliphatic rings. The lowest BCUT2D eigenvalue weighted by Crippen LogP contribution is -2.49. The Balaban J connectivity index is 1.68. The smallest absolute Gasteiger partial charge is 0.287 e. The van der Waals surface area contributed by atoms with Gasteiger partial charge in [0.15, 0.2) is 5.76 Å². The number of aryl methyl sites for hydroxylation is 3. The van der Waals surface area contributed by atoms with Crippen molar-refractivity contribution in [2.75, 3.05) is 25.4 Å². The number of ether oxygens (including phenoxy) is 1. The second kappa shape index (κ2) is 7.85. The minimum absolute atomic E-state index is 0.0235. The molecule has 28 heavy (non-hydrogen) atoms. The molecule has 2 atom stereocenters. The van der Waals surface area contributed by atoms with Crippen LogP contribution in [0.1, 0.15) is 41.1 Å². The molecule has 8 heteroatoms. The number of hydrogen-bond acceptors (Lipinski definition) is 5. The van der Waals surface area contributed by atoms with Gasteiger partial charge in [0.1, 0.15) is 5.58 Å². The molecule has 1 fully saturated rings. The fourth-order valence-electron chi connectivity index (χ4n) is 3.75. The zero-order chi connectivity index (χ0) is 20.6. The van der Waals surface area contributed by atoms with Gasteiger partial charge in [-0.1, -0.05) is 12.1 Å². The summed E-state index contributed by atoms with van der Waals surface area (Å²) >= 11 is 0. The normalized spacial score (nSPS) is 21.2. The van der Waals surface area contributed by atoms with Crippen molar-refractivity contribution in [2.45, 2.75) is 46.8 Å². The van der Waals surface area contributed by atoms with E-state index in [4.69, 9.17) is 9.15 Å². The highest BCUT2D eigenvalue weighted by molar-refractivity contribution is 7.89. The zero-order valence-corrected chi connectivity index (χ0v) is 17.9. The molecule has 3 rings (SSSR count). The first-order chi connectivity index (χ1) is 13.1. The van der Waals surface area contributed by atoms with Crippen LogP contribution >= 0.6 is 0 Å². The lowest BCUT2D eigenvalue weighted by atomic mass is 10.0. The van der Waals surface area contributed by atoms with Gasteiger partial charge in [-0.25, -0.2) is 8.42 Å². The van der Waals surface area contributed by atoms with Crippen molar-refractivity contribution in [3.8, 4) is 0 Å². The molecular weight excluding hydrogens is 380 g/mol. The number of sulfonamides is 1. The highest BCUT2D eigenvalue weighted by Gasteiger charge is 2.31. The van der Waals surface area contributed by atoms with E-state index in [0.29, 0.717) is 18.7 Å². The molecular formula is C20H28N2O5S. The molecule has 1 saturated heterocycles. The first kappa shape index (κ1) is 20.8. The van der Waals surface area contributed by atoms with E-state index in [1.807, 2.05) is 46.8 Å². The number of rotatable bonds is 5. The summed E-state index contributed by atoms with van der Waals surface area (Å²) in [6, 6.07) is 3.96. The van der Waals surface area contributed by atoms with Crippen LogP contribution < -0.4 is 5.32 Å². The molecule has 1 aromatic heterocycles. The lowest BCUT2D eigenvalue weighted by Gasteiger charge is -2.34. The van der Waals surface area contributed by atoms with E-state index >= 15 is 0 Å². The van der Waals surface area contributed by atoms with Crippen LogP contribution in [0.3, 0.4) is 0 Å². The van der Waals surface area contributed by atoms with E-state index in [1.165, 1.54) is 4.31 Å². The van der Waals surface area contributed by atoms with E-state index in [9.17, 15) is 13.2 Å². The zero-order valence-electron chi connectivity index (χ0n) is 17.0. The Morgan fingerprint density at radius 1 is 1.14 bits per heavy atom. The van der Waals surface area contributed by atoms with Gasteiger partial charge in [0.25, 0.3) is 5.91 Å². The first-order valence-corrected chi connectivity index (χ1v) is 11.1. The summed E-state index contributed by atoms with van der Waals surface area (Å²) in [6.07, 6.45) is -0.282. The number of nitrogens with one attached hydrogen (secondary N) is 1. The summed E-state index contributed by atoms with van der Waals surface area (Å²) < 4.78 is 38.0. The Morgan fingerprint density at radius 3 is 2.36 bits per heavy atom. The molecule has 2 heterocycles. The van der Waals surface area contributed by atoms with Gasteiger partial charge in [0.2, 0.25) is 10.0 Å².